The zero-order valence-corrected chi connectivity index (χ0v) is 13.2. The minimum atomic E-state index is 1.21. The Morgan fingerprint density at radius 2 is 1.74 bits per heavy atom. The molecule has 0 nitrogen and oxygen atoms in total. The molecule has 0 bridgehead atoms. The summed E-state index contributed by atoms with van der Waals surface area (Å²) in [5.41, 5.74) is 1.32. The van der Waals surface area contributed by atoms with E-state index in [1.54, 1.807) is 11.3 Å². The van der Waals surface area contributed by atoms with Crippen LogP contribution in [0.2, 0.25) is 0 Å². The molecule has 0 amide bonds. The van der Waals surface area contributed by atoms with E-state index < -0.39 is 0 Å². The van der Waals surface area contributed by atoms with E-state index in [0.29, 0.717) is 0 Å². The Bertz CT molecular complexity index is 360. The first-order chi connectivity index (χ1) is 9.38. The predicted molar refractivity (Wildman–Crippen MR) is 90.7 cm³/mol. The van der Waals surface area contributed by atoms with E-state index in [1.807, 2.05) is 6.08 Å². The summed E-state index contributed by atoms with van der Waals surface area (Å²) in [6, 6.07) is 2.17. The highest BCUT2D eigenvalue weighted by molar-refractivity contribution is 7.11. The van der Waals surface area contributed by atoms with E-state index in [4.69, 9.17) is 0 Å². The van der Waals surface area contributed by atoms with Crippen molar-refractivity contribution in [1.82, 2.24) is 0 Å². The molecule has 0 aromatic carbocycles. The van der Waals surface area contributed by atoms with Crippen molar-refractivity contribution in [3.8, 4) is 0 Å². The van der Waals surface area contributed by atoms with Gasteiger partial charge in [-0.05, 0) is 29.9 Å². The van der Waals surface area contributed by atoms with Gasteiger partial charge in [0.1, 0.15) is 0 Å². The SMILES string of the molecule is C=Cc1sccc1/C=C\CCCCCCCCCC. The van der Waals surface area contributed by atoms with Crippen molar-refractivity contribution in [3.63, 3.8) is 0 Å². The van der Waals surface area contributed by atoms with Crippen LogP contribution in [0.1, 0.15) is 75.2 Å². The lowest BCUT2D eigenvalue weighted by molar-refractivity contribution is 0.578. The van der Waals surface area contributed by atoms with Crippen molar-refractivity contribution in [2.24, 2.45) is 0 Å². The molecule has 0 aliphatic carbocycles. The number of unbranched alkanes of at least 4 members (excludes halogenated alkanes) is 8. The minimum absolute atomic E-state index is 1.21. The van der Waals surface area contributed by atoms with Crippen molar-refractivity contribution < 1.29 is 0 Å². The first-order valence-corrected chi connectivity index (χ1v) is 8.63. The Hall–Kier alpha value is -0.820. The van der Waals surface area contributed by atoms with Crippen LogP contribution < -0.4 is 0 Å². The lowest BCUT2D eigenvalue weighted by atomic mass is 10.1. The molecule has 0 fully saturated rings. The van der Waals surface area contributed by atoms with E-state index in [2.05, 4.69) is 37.1 Å². The van der Waals surface area contributed by atoms with Gasteiger partial charge in [-0.3, -0.25) is 0 Å². The molecule has 0 unspecified atom stereocenters. The molecule has 0 aliphatic rings. The van der Waals surface area contributed by atoms with Crippen molar-refractivity contribution >= 4 is 23.5 Å². The molecular weight excluding hydrogens is 248 g/mol. The highest BCUT2D eigenvalue weighted by atomic mass is 32.1. The van der Waals surface area contributed by atoms with Gasteiger partial charge < -0.3 is 0 Å². The smallest absolute Gasteiger partial charge is 0.0336 e. The zero-order chi connectivity index (χ0) is 13.8. The van der Waals surface area contributed by atoms with Crippen LogP contribution >= 0.6 is 11.3 Å². The van der Waals surface area contributed by atoms with Crippen LogP contribution in [0.3, 0.4) is 0 Å². The average Bonchev–Trinajstić information content (AvgIpc) is 2.88. The molecule has 0 atom stereocenters. The molecule has 1 aromatic rings. The summed E-state index contributed by atoms with van der Waals surface area (Å²) in [4.78, 5) is 1.28. The van der Waals surface area contributed by atoms with Gasteiger partial charge in [0.2, 0.25) is 0 Å². The van der Waals surface area contributed by atoms with Gasteiger partial charge in [0.15, 0.2) is 0 Å². The Kier molecular flexibility index (Phi) is 9.44. The molecule has 19 heavy (non-hydrogen) atoms. The van der Waals surface area contributed by atoms with Gasteiger partial charge in [0, 0.05) is 4.88 Å². The first-order valence-electron chi connectivity index (χ1n) is 7.75. The molecule has 1 heterocycles. The van der Waals surface area contributed by atoms with Gasteiger partial charge in [-0.25, -0.2) is 0 Å². The van der Waals surface area contributed by atoms with Crippen LogP contribution in [-0.4, -0.2) is 0 Å². The Labute approximate surface area is 123 Å². The Balaban J connectivity index is 2.00. The third kappa shape index (κ3) is 7.37. The average molecular weight is 276 g/mol. The van der Waals surface area contributed by atoms with Crippen LogP contribution in [0.25, 0.3) is 12.2 Å². The van der Waals surface area contributed by atoms with Gasteiger partial charge in [0.25, 0.3) is 0 Å². The van der Waals surface area contributed by atoms with Crippen LogP contribution in [0.4, 0.5) is 0 Å². The van der Waals surface area contributed by atoms with E-state index >= 15 is 0 Å². The minimum Gasteiger partial charge on any atom is -0.144 e. The van der Waals surface area contributed by atoms with E-state index in [0.717, 1.165) is 0 Å². The third-order valence-corrected chi connectivity index (χ3v) is 4.36. The Morgan fingerprint density at radius 3 is 2.42 bits per heavy atom. The largest absolute Gasteiger partial charge is 0.144 e. The molecule has 0 radical (unpaired) electrons. The van der Waals surface area contributed by atoms with Crippen molar-refractivity contribution in [2.45, 2.75) is 64.7 Å². The number of thiophene rings is 1. The summed E-state index contributed by atoms with van der Waals surface area (Å²) >= 11 is 1.76. The van der Waals surface area contributed by atoms with Gasteiger partial charge in [-0.2, -0.15) is 0 Å². The molecule has 106 valence electrons. The molecule has 0 saturated heterocycles. The molecular formula is C18H28S. The summed E-state index contributed by atoms with van der Waals surface area (Å²) in [5, 5.41) is 2.13. The van der Waals surface area contributed by atoms with Crippen LogP contribution in [-0.2, 0) is 0 Å². The number of rotatable bonds is 11. The second-order valence-corrected chi connectivity index (χ2v) is 6.06. The fraction of sp³-hybridized carbons (Fsp3) is 0.556. The molecule has 1 aromatic heterocycles. The molecule has 1 rings (SSSR count). The van der Waals surface area contributed by atoms with Gasteiger partial charge >= 0.3 is 0 Å². The maximum absolute atomic E-state index is 3.84. The van der Waals surface area contributed by atoms with Gasteiger partial charge in [-0.15, -0.1) is 11.3 Å². The maximum atomic E-state index is 3.84. The highest BCUT2D eigenvalue weighted by Crippen LogP contribution is 2.19. The van der Waals surface area contributed by atoms with Crippen LogP contribution in [0.15, 0.2) is 24.1 Å². The van der Waals surface area contributed by atoms with E-state index in [-0.39, 0.29) is 0 Å². The Morgan fingerprint density at radius 1 is 1.05 bits per heavy atom. The van der Waals surface area contributed by atoms with E-state index in [1.165, 1.54) is 68.2 Å². The van der Waals surface area contributed by atoms with Crippen LogP contribution in [0, 0.1) is 0 Å². The fourth-order valence-corrected chi connectivity index (χ4v) is 2.97. The van der Waals surface area contributed by atoms with E-state index in [9.17, 15) is 0 Å². The predicted octanol–water partition coefficient (Wildman–Crippen LogP) is 6.94. The summed E-state index contributed by atoms with van der Waals surface area (Å²) < 4.78 is 0. The van der Waals surface area contributed by atoms with Gasteiger partial charge in [0.05, 0.1) is 0 Å². The van der Waals surface area contributed by atoms with Crippen molar-refractivity contribution in [1.29, 1.82) is 0 Å². The second-order valence-electron chi connectivity index (χ2n) is 5.11. The number of hydrogen-bond donors (Lipinski definition) is 0. The zero-order valence-electron chi connectivity index (χ0n) is 12.4. The van der Waals surface area contributed by atoms with Crippen molar-refractivity contribution in [3.05, 3.63) is 34.5 Å². The standard InChI is InChI=1S/C18H28S/c1-3-5-6-7-8-9-10-11-12-13-14-17-15-16-19-18(17)4-2/h4,13-16H,2-3,5-12H2,1H3/b14-13-. The highest BCUT2D eigenvalue weighted by Gasteiger charge is 1.95. The number of hydrogen-bond acceptors (Lipinski definition) is 1. The molecule has 1 heteroatoms. The summed E-state index contributed by atoms with van der Waals surface area (Å²) in [6.45, 7) is 6.12. The topological polar surface area (TPSA) is 0 Å². The third-order valence-electron chi connectivity index (χ3n) is 3.43. The second kappa shape index (κ2) is 11.0. The van der Waals surface area contributed by atoms with Crippen molar-refractivity contribution in [2.75, 3.05) is 0 Å². The fourth-order valence-electron chi connectivity index (χ4n) is 2.24. The lowest BCUT2D eigenvalue weighted by Crippen LogP contribution is -1.80. The normalized spacial score (nSPS) is 11.2. The lowest BCUT2D eigenvalue weighted by Gasteiger charge is -1.99. The molecule has 0 aliphatic heterocycles. The number of allylic oxidation sites excluding steroid dienone is 1. The van der Waals surface area contributed by atoms with Gasteiger partial charge in [-0.1, -0.05) is 76.7 Å². The first kappa shape index (κ1) is 16.2. The summed E-state index contributed by atoms with van der Waals surface area (Å²) in [5.74, 6) is 0. The summed E-state index contributed by atoms with van der Waals surface area (Å²) in [6.07, 6.45) is 18.9. The summed E-state index contributed by atoms with van der Waals surface area (Å²) in [7, 11) is 0. The molecule has 0 N–H and O–H groups in total. The maximum Gasteiger partial charge on any atom is 0.0336 e. The molecule has 0 spiro atoms. The quantitative estimate of drug-likeness (QED) is 0.384. The monoisotopic (exact) mass is 276 g/mol. The molecule has 0 saturated carbocycles. The van der Waals surface area contributed by atoms with Crippen LogP contribution in [0.5, 0.6) is 0 Å².